The van der Waals surface area contributed by atoms with E-state index in [1.54, 1.807) is 4.90 Å². The number of carbonyl (C=O) groups excluding carboxylic acids is 1. The number of rotatable bonds is 7. The van der Waals surface area contributed by atoms with E-state index in [-0.39, 0.29) is 23.1 Å². The number of hydrogen-bond acceptors (Lipinski definition) is 5. The van der Waals surface area contributed by atoms with E-state index in [9.17, 15) is 26.4 Å². The second-order valence-corrected chi connectivity index (χ2v) is 8.94. The second kappa shape index (κ2) is 9.78. The molecule has 0 radical (unpaired) electrons. The van der Waals surface area contributed by atoms with Crippen LogP contribution < -0.4 is 9.46 Å². The number of amides is 1. The number of benzene rings is 2. The van der Waals surface area contributed by atoms with Crippen LogP contribution in [0, 0.1) is 0 Å². The summed E-state index contributed by atoms with van der Waals surface area (Å²) in [4.78, 5) is 16.1. The molecule has 1 aliphatic heterocycles. The van der Waals surface area contributed by atoms with Gasteiger partial charge in [-0.3, -0.25) is 9.52 Å². The van der Waals surface area contributed by atoms with E-state index in [4.69, 9.17) is 4.74 Å². The quantitative estimate of drug-likeness (QED) is 0.672. The Hall–Kier alpha value is -2.79. The molecule has 1 heterocycles. The first kappa shape index (κ1) is 23.9. The van der Waals surface area contributed by atoms with Gasteiger partial charge in [0.15, 0.2) is 6.61 Å². The number of sulfonamides is 1. The zero-order valence-electron chi connectivity index (χ0n) is 17.4. The number of nitrogens with one attached hydrogen (secondary N) is 1. The van der Waals surface area contributed by atoms with Crippen LogP contribution in [0.25, 0.3) is 0 Å². The minimum Gasteiger partial charge on any atom is -0.484 e. The third kappa shape index (κ3) is 6.13. The van der Waals surface area contributed by atoms with Crippen LogP contribution >= 0.6 is 0 Å². The molecule has 1 aliphatic rings. The lowest BCUT2D eigenvalue weighted by atomic mass is 10.2. The maximum absolute atomic E-state index is 12.8. The first-order valence-corrected chi connectivity index (χ1v) is 11.5. The molecule has 0 aromatic heterocycles. The Morgan fingerprint density at radius 2 is 1.72 bits per heavy atom. The molecule has 174 valence electrons. The van der Waals surface area contributed by atoms with Gasteiger partial charge in [-0.05, 0) is 49.0 Å². The third-order valence-corrected chi connectivity index (χ3v) is 6.51. The number of piperazine rings is 1. The van der Waals surface area contributed by atoms with Crippen molar-refractivity contribution in [2.75, 3.05) is 44.1 Å². The topological polar surface area (TPSA) is 79.0 Å². The minimum atomic E-state index is -4.58. The number of hydrogen-bond donors (Lipinski definition) is 1. The van der Waals surface area contributed by atoms with Gasteiger partial charge in [0.25, 0.3) is 15.9 Å². The van der Waals surface area contributed by atoms with Crippen molar-refractivity contribution in [3.63, 3.8) is 0 Å². The summed E-state index contributed by atoms with van der Waals surface area (Å²) in [5, 5.41) is 0. The van der Waals surface area contributed by atoms with E-state index in [2.05, 4.69) is 16.5 Å². The van der Waals surface area contributed by atoms with Crippen molar-refractivity contribution in [2.45, 2.75) is 18.0 Å². The van der Waals surface area contributed by atoms with Gasteiger partial charge >= 0.3 is 6.18 Å². The van der Waals surface area contributed by atoms with Crippen LogP contribution in [0.15, 0.2) is 53.4 Å². The van der Waals surface area contributed by atoms with E-state index in [0.29, 0.717) is 18.8 Å². The Kier molecular flexibility index (Phi) is 7.29. The van der Waals surface area contributed by atoms with E-state index in [1.165, 1.54) is 30.3 Å². The Morgan fingerprint density at radius 1 is 1.06 bits per heavy atom. The Morgan fingerprint density at radius 3 is 2.31 bits per heavy atom. The molecule has 0 unspecified atom stereocenters. The van der Waals surface area contributed by atoms with Crippen LogP contribution in [0.2, 0.25) is 0 Å². The average Bonchev–Trinajstić information content (AvgIpc) is 2.77. The summed E-state index contributed by atoms with van der Waals surface area (Å²) in [6.45, 7) is 5.74. The highest BCUT2D eigenvalue weighted by Crippen LogP contribution is 2.31. The number of nitrogens with zero attached hydrogens (tertiary/aromatic N) is 2. The number of alkyl halides is 3. The third-order valence-electron chi connectivity index (χ3n) is 5.11. The summed E-state index contributed by atoms with van der Waals surface area (Å²) < 4.78 is 71.1. The molecule has 11 heteroatoms. The van der Waals surface area contributed by atoms with Crippen LogP contribution in [0.3, 0.4) is 0 Å². The highest BCUT2D eigenvalue weighted by Gasteiger charge is 2.30. The molecule has 0 spiro atoms. The van der Waals surface area contributed by atoms with E-state index < -0.39 is 21.8 Å². The van der Waals surface area contributed by atoms with Gasteiger partial charge in [-0.25, -0.2) is 8.42 Å². The van der Waals surface area contributed by atoms with Gasteiger partial charge < -0.3 is 14.5 Å². The van der Waals surface area contributed by atoms with Crippen molar-refractivity contribution in [3.05, 3.63) is 54.1 Å². The average molecular weight is 472 g/mol. The minimum absolute atomic E-state index is 0.149. The molecule has 0 saturated carbocycles. The van der Waals surface area contributed by atoms with Gasteiger partial charge in [-0.2, -0.15) is 13.2 Å². The molecule has 0 atom stereocenters. The van der Waals surface area contributed by atoms with Crippen LogP contribution in [0.5, 0.6) is 5.75 Å². The Bertz CT molecular complexity index is 1040. The summed E-state index contributed by atoms with van der Waals surface area (Å²) in [6, 6.07) is 9.24. The normalized spacial score (nSPS) is 15.4. The molecule has 7 nitrogen and oxygen atoms in total. The smallest absolute Gasteiger partial charge is 0.416 e. The second-order valence-electron chi connectivity index (χ2n) is 7.26. The van der Waals surface area contributed by atoms with Crippen LogP contribution in [0.4, 0.5) is 18.9 Å². The largest absolute Gasteiger partial charge is 0.484 e. The molecule has 2 aromatic carbocycles. The molecule has 1 N–H and O–H groups in total. The van der Waals surface area contributed by atoms with E-state index >= 15 is 0 Å². The van der Waals surface area contributed by atoms with E-state index in [1.807, 2.05) is 0 Å². The van der Waals surface area contributed by atoms with Crippen molar-refractivity contribution in [1.29, 1.82) is 0 Å². The van der Waals surface area contributed by atoms with Crippen LogP contribution in [-0.4, -0.2) is 63.5 Å². The standard InChI is InChI=1S/C21H24F3N3O4S/c1-2-26-10-12-27(13-11-26)20(28)15-31-18-6-8-19(9-7-18)32(29,30)25-17-5-3-4-16(14-17)21(22,23)24/h3-9,14,25H,2,10-13,15H2,1H3. The molecule has 2 aromatic rings. The van der Waals surface area contributed by atoms with E-state index in [0.717, 1.165) is 37.8 Å². The van der Waals surface area contributed by atoms with Crippen molar-refractivity contribution in [1.82, 2.24) is 9.80 Å². The molecule has 1 amide bonds. The zero-order valence-corrected chi connectivity index (χ0v) is 18.2. The highest BCUT2D eigenvalue weighted by molar-refractivity contribution is 7.92. The fourth-order valence-corrected chi connectivity index (χ4v) is 4.29. The van der Waals surface area contributed by atoms with Crippen molar-refractivity contribution >= 4 is 21.6 Å². The predicted octanol–water partition coefficient (Wildman–Crippen LogP) is 3.05. The lowest BCUT2D eigenvalue weighted by Gasteiger charge is -2.33. The number of halogens is 3. The lowest BCUT2D eigenvalue weighted by Crippen LogP contribution is -2.49. The highest BCUT2D eigenvalue weighted by atomic mass is 32.2. The monoisotopic (exact) mass is 471 g/mol. The molecule has 0 bridgehead atoms. The summed E-state index contributed by atoms with van der Waals surface area (Å²) >= 11 is 0. The number of carbonyl (C=O) groups is 1. The van der Waals surface area contributed by atoms with Gasteiger partial charge in [-0.1, -0.05) is 13.0 Å². The zero-order chi connectivity index (χ0) is 23.4. The predicted molar refractivity (Wildman–Crippen MR) is 113 cm³/mol. The molecule has 1 fully saturated rings. The summed E-state index contributed by atoms with van der Waals surface area (Å²) in [5.74, 6) is 0.159. The van der Waals surface area contributed by atoms with Gasteiger partial charge in [0, 0.05) is 31.9 Å². The van der Waals surface area contributed by atoms with Crippen molar-refractivity contribution in [3.8, 4) is 5.75 Å². The molecule has 32 heavy (non-hydrogen) atoms. The van der Waals surface area contributed by atoms with Gasteiger partial charge in [0.2, 0.25) is 0 Å². The van der Waals surface area contributed by atoms with Crippen LogP contribution in [0.1, 0.15) is 12.5 Å². The molecule has 0 aliphatic carbocycles. The van der Waals surface area contributed by atoms with Crippen molar-refractivity contribution in [2.24, 2.45) is 0 Å². The first-order valence-electron chi connectivity index (χ1n) is 10.0. The van der Waals surface area contributed by atoms with Crippen LogP contribution in [-0.2, 0) is 21.0 Å². The number of likely N-dealkylation sites (N-methyl/N-ethyl adjacent to an activating group) is 1. The SMILES string of the molecule is CCN1CCN(C(=O)COc2ccc(S(=O)(=O)Nc3cccc(C(F)(F)F)c3)cc2)CC1. The number of anilines is 1. The summed E-state index contributed by atoms with van der Waals surface area (Å²) in [7, 11) is -4.10. The molecule has 3 rings (SSSR count). The maximum Gasteiger partial charge on any atom is 0.416 e. The summed E-state index contributed by atoms with van der Waals surface area (Å²) in [6.07, 6.45) is -4.58. The summed E-state index contributed by atoms with van der Waals surface area (Å²) in [5.41, 5.74) is -1.16. The van der Waals surface area contributed by atoms with Gasteiger partial charge in [0.1, 0.15) is 5.75 Å². The molecular formula is C21H24F3N3O4S. The Labute approximate surface area is 184 Å². The molecular weight excluding hydrogens is 447 g/mol. The fourth-order valence-electron chi connectivity index (χ4n) is 3.24. The Balaban J connectivity index is 1.58. The van der Waals surface area contributed by atoms with Gasteiger partial charge in [0.05, 0.1) is 10.5 Å². The lowest BCUT2D eigenvalue weighted by molar-refractivity contribution is -0.137. The fraction of sp³-hybridized carbons (Fsp3) is 0.381. The van der Waals surface area contributed by atoms with Crippen molar-refractivity contribution < 1.29 is 31.1 Å². The first-order chi connectivity index (χ1) is 15.1. The molecule has 1 saturated heterocycles. The van der Waals surface area contributed by atoms with Gasteiger partial charge in [-0.15, -0.1) is 0 Å². The maximum atomic E-state index is 12.8. The number of ether oxygens (including phenoxy) is 1.